The van der Waals surface area contributed by atoms with Crippen LogP contribution in [0.3, 0.4) is 0 Å². The monoisotopic (exact) mass is 415 g/mol. The summed E-state index contributed by atoms with van der Waals surface area (Å²) in [5.74, 6) is -0.0581. The fraction of sp³-hybridized carbons (Fsp3) is 0.174. The predicted molar refractivity (Wildman–Crippen MR) is 116 cm³/mol. The summed E-state index contributed by atoms with van der Waals surface area (Å²) in [6.45, 7) is 2.42. The molecule has 8 nitrogen and oxygen atoms in total. The van der Waals surface area contributed by atoms with Gasteiger partial charge < -0.3 is 9.88 Å². The number of benzene rings is 1. The molecule has 8 heteroatoms. The van der Waals surface area contributed by atoms with Crippen LogP contribution in [-0.4, -0.2) is 25.0 Å². The quantitative estimate of drug-likeness (QED) is 0.516. The molecule has 2 aliphatic rings. The normalized spacial score (nSPS) is 10.9. The van der Waals surface area contributed by atoms with Gasteiger partial charge in [0.1, 0.15) is 6.54 Å². The van der Waals surface area contributed by atoms with Crippen molar-refractivity contribution < 1.29 is 4.79 Å². The van der Waals surface area contributed by atoms with Gasteiger partial charge in [-0.1, -0.05) is 35.9 Å². The van der Waals surface area contributed by atoms with Crippen molar-refractivity contribution in [1.82, 2.24) is 24.4 Å². The van der Waals surface area contributed by atoms with E-state index >= 15 is 0 Å². The smallest absolute Gasteiger partial charge is 0.350 e. The number of fused-ring (bicyclic) bond motifs is 1. The lowest BCUT2D eigenvalue weighted by Gasteiger charge is -2.15. The topological polar surface area (TPSA) is 98.9 Å². The Morgan fingerprint density at radius 3 is 2.58 bits per heavy atom. The number of aromatic nitrogens is 4. The molecule has 1 aromatic heterocycles. The Labute approximate surface area is 178 Å². The largest absolute Gasteiger partial charge is 0.352 e. The van der Waals surface area contributed by atoms with Crippen LogP contribution in [0.5, 0.6) is 0 Å². The molecule has 0 spiro atoms. The molecule has 2 aliphatic heterocycles. The second-order valence-corrected chi connectivity index (χ2v) is 7.28. The third kappa shape index (κ3) is 4.58. The van der Waals surface area contributed by atoms with Crippen molar-refractivity contribution in [3.63, 3.8) is 0 Å². The van der Waals surface area contributed by atoms with E-state index in [1.807, 2.05) is 31.2 Å². The minimum absolute atomic E-state index is 0.0539. The van der Waals surface area contributed by atoms with Gasteiger partial charge in [-0.3, -0.25) is 19.1 Å². The second-order valence-electron chi connectivity index (χ2n) is 7.28. The second kappa shape index (κ2) is 8.74. The van der Waals surface area contributed by atoms with E-state index in [1.54, 1.807) is 42.9 Å². The van der Waals surface area contributed by atoms with E-state index in [2.05, 4.69) is 15.3 Å². The zero-order valence-corrected chi connectivity index (χ0v) is 17.0. The van der Waals surface area contributed by atoms with Crippen LogP contribution in [0.1, 0.15) is 16.7 Å². The molecule has 0 atom stereocenters. The molecule has 1 aromatic carbocycles. The molecule has 0 aliphatic carbocycles. The summed E-state index contributed by atoms with van der Waals surface area (Å²) in [5, 5.41) is 2.85. The van der Waals surface area contributed by atoms with Crippen molar-refractivity contribution in [1.29, 1.82) is 0 Å². The molecule has 0 fully saturated rings. The van der Waals surface area contributed by atoms with Gasteiger partial charge in [-0.15, -0.1) is 0 Å². The summed E-state index contributed by atoms with van der Waals surface area (Å²) >= 11 is 0. The maximum absolute atomic E-state index is 12.9. The van der Waals surface area contributed by atoms with E-state index in [-0.39, 0.29) is 30.4 Å². The molecule has 3 heterocycles. The Hall–Kier alpha value is -4.07. The van der Waals surface area contributed by atoms with Crippen molar-refractivity contribution in [3.05, 3.63) is 105 Å². The summed E-state index contributed by atoms with van der Waals surface area (Å²) in [5.41, 5.74) is 2.02. The summed E-state index contributed by atoms with van der Waals surface area (Å²) in [4.78, 5) is 46.0. The summed E-state index contributed by atoms with van der Waals surface area (Å²) in [7, 11) is 0. The number of aryl methyl sites for hydroxylation is 1. The fourth-order valence-electron chi connectivity index (χ4n) is 3.28. The van der Waals surface area contributed by atoms with E-state index in [0.29, 0.717) is 6.54 Å². The van der Waals surface area contributed by atoms with E-state index in [1.165, 1.54) is 4.57 Å². The molecule has 156 valence electrons. The van der Waals surface area contributed by atoms with Crippen molar-refractivity contribution >= 4 is 5.91 Å². The number of carbonyl (C=O) groups is 1. The number of nitrogens with one attached hydrogen (secondary N) is 1. The minimum Gasteiger partial charge on any atom is -0.350 e. The van der Waals surface area contributed by atoms with Gasteiger partial charge in [0.2, 0.25) is 5.91 Å². The van der Waals surface area contributed by atoms with Crippen LogP contribution in [0.4, 0.5) is 0 Å². The number of hydrogen-bond acceptors (Lipinski definition) is 5. The van der Waals surface area contributed by atoms with Crippen molar-refractivity contribution in [2.45, 2.75) is 26.6 Å². The number of pyridine rings is 2. The molecule has 0 radical (unpaired) electrons. The molecule has 4 rings (SSSR count). The third-order valence-electron chi connectivity index (χ3n) is 4.94. The van der Waals surface area contributed by atoms with Gasteiger partial charge in [0.05, 0.1) is 12.1 Å². The molecule has 2 aromatic rings. The molecular formula is C23H21N5O3. The van der Waals surface area contributed by atoms with Crippen LogP contribution in [0.2, 0.25) is 0 Å². The van der Waals surface area contributed by atoms with E-state index in [9.17, 15) is 14.4 Å². The molecule has 1 N–H and O–H groups in total. The number of nitrogens with zero attached hydrogens (tertiary/aromatic N) is 4. The lowest BCUT2D eigenvalue weighted by atomic mass is 10.1. The highest BCUT2D eigenvalue weighted by atomic mass is 16.2. The zero-order valence-electron chi connectivity index (χ0n) is 17.0. The summed E-state index contributed by atoms with van der Waals surface area (Å²) in [6, 6.07) is 14.7. The third-order valence-corrected chi connectivity index (χ3v) is 4.94. The first-order valence-electron chi connectivity index (χ1n) is 9.82. The van der Waals surface area contributed by atoms with Crippen molar-refractivity contribution in [3.8, 4) is 11.4 Å². The Morgan fingerprint density at radius 1 is 1.03 bits per heavy atom. The number of amides is 1. The van der Waals surface area contributed by atoms with Gasteiger partial charge in [-0.05, 0) is 36.2 Å². The molecule has 0 bridgehead atoms. The first-order valence-corrected chi connectivity index (χ1v) is 9.82. The Kier molecular flexibility index (Phi) is 5.70. The SMILES string of the molecule is Cc1ccc(CNC(=O)Cn2cccc3c(=O)n(Cc4cccnc4)c(=O)nc2-3)cc1. The lowest BCUT2D eigenvalue weighted by molar-refractivity contribution is -0.121. The highest BCUT2D eigenvalue weighted by Gasteiger charge is 2.18. The van der Waals surface area contributed by atoms with Crippen LogP contribution in [0.15, 0.2) is 76.7 Å². The lowest BCUT2D eigenvalue weighted by Crippen LogP contribution is -2.39. The Balaban J connectivity index is 1.56. The van der Waals surface area contributed by atoms with Gasteiger partial charge in [0, 0.05) is 25.1 Å². The Morgan fingerprint density at radius 2 is 1.84 bits per heavy atom. The molecular weight excluding hydrogens is 394 g/mol. The summed E-state index contributed by atoms with van der Waals surface area (Å²) in [6.07, 6.45) is 4.85. The maximum atomic E-state index is 12.9. The molecule has 31 heavy (non-hydrogen) atoms. The van der Waals surface area contributed by atoms with Gasteiger partial charge in [-0.25, -0.2) is 4.79 Å². The molecule has 0 saturated carbocycles. The van der Waals surface area contributed by atoms with Gasteiger partial charge >= 0.3 is 5.69 Å². The van der Waals surface area contributed by atoms with Crippen LogP contribution in [0.25, 0.3) is 11.4 Å². The maximum Gasteiger partial charge on any atom is 0.352 e. The molecule has 0 unspecified atom stereocenters. The standard InChI is InChI=1S/C23H21N5O3/c1-16-6-8-17(9-7-16)13-25-20(29)15-27-11-3-5-19-21(27)26-23(31)28(22(19)30)14-18-4-2-10-24-12-18/h2-12H,13-15H2,1H3,(H,25,29). The first kappa shape index (κ1) is 20.2. The van der Waals surface area contributed by atoms with Gasteiger partial charge in [-0.2, -0.15) is 4.98 Å². The summed E-state index contributed by atoms with van der Waals surface area (Å²) < 4.78 is 2.58. The Bertz CT molecular complexity index is 1290. The van der Waals surface area contributed by atoms with Crippen LogP contribution in [-0.2, 0) is 24.4 Å². The number of hydrogen-bond donors (Lipinski definition) is 1. The van der Waals surface area contributed by atoms with E-state index in [4.69, 9.17) is 0 Å². The average Bonchev–Trinajstić information content (AvgIpc) is 2.77. The highest BCUT2D eigenvalue weighted by molar-refractivity contribution is 5.76. The first-order chi connectivity index (χ1) is 15.0. The fourth-order valence-corrected chi connectivity index (χ4v) is 3.28. The van der Waals surface area contributed by atoms with Crippen molar-refractivity contribution in [2.24, 2.45) is 0 Å². The molecule has 0 saturated heterocycles. The molecule has 1 amide bonds. The van der Waals surface area contributed by atoms with Crippen LogP contribution >= 0.6 is 0 Å². The average molecular weight is 415 g/mol. The predicted octanol–water partition coefficient (Wildman–Crippen LogP) is 1.58. The number of rotatable bonds is 6. The number of carbonyl (C=O) groups excluding carboxylic acids is 1. The highest BCUT2D eigenvalue weighted by Crippen LogP contribution is 2.13. The zero-order chi connectivity index (χ0) is 21.8. The van der Waals surface area contributed by atoms with E-state index < -0.39 is 11.2 Å². The van der Waals surface area contributed by atoms with Crippen LogP contribution < -0.4 is 16.6 Å². The minimum atomic E-state index is -0.665. The van der Waals surface area contributed by atoms with Crippen molar-refractivity contribution in [2.75, 3.05) is 0 Å². The van der Waals surface area contributed by atoms with E-state index in [0.717, 1.165) is 21.3 Å². The van der Waals surface area contributed by atoms with Gasteiger partial charge in [0.25, 0.3) is 5.56 Å². The van der Waals surface area contributed by atoms with Crippen LogP contribution in [0, 0.1) is 6.92 Å². The van der Waals surface area contributed by atoms with Gasteiger partial charge in [0.15, 0.2) is 5.82 Å².